The number of aliphatic hydroxyl groups excluding tert-OH is 5. The number of aliphatic hydroxyl groups is 5. The van der Waals surface area contributed by atoms with Crippen LogP contribution in [0.2, 0.25) is 0 Å². The van der Waals surface area contributed by atoms with E-state index in [1.165, 1.54) is 0 Å². The van der Waals surface area contributed by atoms with Gasteiger partial charge < -0.3 is 25.5 Å². The van der Waals surface area contributed by atoms with Gasteiger partial charge in [0.2, 0.25) is 0 Å². The molecule has 5 N–H and O–H groups in total. The quantitative estimate of drug-likeness (QED) is 0.261. The van der Waals surface area contributed by atoms with Crippen LogP contribution >= 0.6 is 0 Å². The highest BCUT2D eigenvalue weighted by Gasteiger charge is 2.47. The molecule has 0 radical (unpaired) electrons. The molecular formula is C6H10O6. The lowest BCUT2D eigenvalue weighted by atomic mass is 9.86. The van der Waals surface area contributed by atoms with Crippen molar-refractivity contribution in [3.05, 3.63) is 0 Å². The highest BCUT2D eigenvalue weighted by atomic mass is 16.4. The van der Waals surface area contributed by atoms with Crippen LogP contribution in [0.5, 0.6) is 0 Å². The molecule has 0 aliphatic heterocycles. The lowest BCUT2D eigenvalue weighted by molar-refractivity contribution is -0.185. The maximum absolute atomic E-state index is 10.8. The number of rotatable bonds is 0. The summed E-state index contributed by atoms with van der Waals surface area (Å²) in [6, 6.07) is 0. The summed E-state index contributed by atoms with van der Waals surface area (Å²) in [7, 11) is 0. The van der Waals surface area contributed by atoms with Crippen molar-refractivity contribution in [2.45, 2.75) is 30.5 Å². The van der Waals surface area contributed by atoms with Crippen LogP contribution in [0.15, 0.2) is 0 Å². The third kappa shape index (κ3) is 1.23. The Hall–Kier alpha value is -0.530. The Bertz CT molecular complexity index is 174. The Balaban J connectivity index is 2.83. The topological polar surface area (TPSA) is 118 Å². The molecule has 6 heteroatoms. The minimum atomic E-state index is -1.83. The molecule has 0 aromatic carbocycles. The Morgan fingerprint density at radius 2 is 1.08 bits per heavy atom. The van der Waals surface area contributed by atoms with Gasteiger partial charge in [0.25, 0.3) is 0 Å². The number of hydrogen-bond donors (Lipinski definition) is 5. The molecule has 1 saturated carbocycles. The summed E-state index contributed by atoms with van der Waals surface area (Å²) >= 11 is 0. The van der Waals surface area contributed by atoms with Gasteiger partial charge in [0.1, 0.15) is 30.5 Å². The molecule has 5 atom stereocenters. The predicted octanol–water partition coefficient (Wildman–Crippen LogP) is -3.63. The summed E-state index contributed by atoms with van der Waals surface area (Å²) in [6.45, 7) is 0. The van der Waals surface area contributed by atoms with Gasteiger partial charge in [-0.2, -0.15) is 0 Å². The summed E-state index contributed by atoms with van der Waals surface area (Å²) in [6.07, 6.45) is -8.85. The van der Waals surface area contributed by atoms with Crippen molar-refractivity contribution in [3.8, 4) is 0 Å². The molecule has 2 unspecified atom stereocenters. The Labute approximate surface area is 67.7 Å². The van der Waals surface area contributed by atoms with Crippen LogP contribution in [-0.2, 0) is 4.79 Å². The zero-order chi connectivity index (χ0) is 9.46. The molecule has 1 rings (SSSR count). The number of Topliss-reactive ketones (excluding diaryl/α,β-unsaturated/α-hetero) is 1. The van der Waals surface area contributed by atoms with E-state index in [0.29, 0.717) is 0 Å². The predicted molar refractivity (Wildman–Crippen MR) is 35.0 cm³/mol. The van der Waals surface area contributed by atoms with Gasteiger partial charge in [0.05, 0.1) is 0 Å². The molecular weight excluding hydrogens is 168 g/mol. The first kappa shape index (κ1) is 9.56. The van der Waals surface area contributed by atoms with E-state index in [0.717, 1.165) is 0 Å². The van der Waals surface area contributed by atoms with Gasteiger partial charge in [-0.3, -0.25) is 4.79 Å². The van der Waals surface area contributed by atoms with Gasteiger partial charge in [-0.25, -0.2) is 0 Å². The molecule has 1 aliphatic rings. The molecule has 12 heavy (non-hydrogen) atoms. The zero-order valence-corrected chi connectivity index (χ0v) is 6.03. The second-order valence-electron chi connectivity index (χ2n) is 2.76. The van der Waals surface area contributed by atoms with Gasteiger partial charge in [-0.1, -0.05) is 0 Å². The average molecular weight is 178 g/mol. The number of carbonyl (C=O) groups excluding carboxylic acids is 1. The molecule has 6 nitrogen and oxygen atoms in total. The standard InChI is InChI=1S/C6H10O6/c7-1-2(8)4(10)6(12)5(11)3(1)9/h1-5,7-11H/t1?,2-,3-,4+,5?/m0/s1. The lowest BCUT2D eigenvalue weighted by Crippen LogP contribution is -2.61. The highest BCUT2D eigenvalue weighted by Crippen LogP contribution is 2.17. The van der Waals surface area contributed by atoms with E-state index in [2.05, 4.69) is 0 Å². The van der Waals surface area contributed by atoms with E-state index in [1.54, 1.807) is 0 Å². The van der Waals surface area contributed by atoms with Crippen molar-refractivity contribution in [1.82, 2.24) is 0 Å². The third-order valence-corrected chi connectivity index (χ3v) is 1.93. The average Bonchev–Trinajstić information content (AvgIpc) is 2.08. The molecule has 0 aromatic heterocycles. The summed E-state index contributed by atoms with van der Waals surface area (Å²) in [5.41, 5.74) is 0. The molecule has 0 amide bonds. The van der Waals surface area contributed by atoms with Gasteiger partial charge in [-0.05, 0) is 0 Å². The Kier molecular flexibility index (Phi) is 2.45. The highest BCUT2D eigenvalue weighted by molar-refractivity contribution is 5.89. The maximum atomic E-state index is 10.8. The van der Waals surface area contributed by atoms with Crippen molar-refractivity contribution in [3.63, 3.8) is 0 Å². The fourth-order valence-electron chi connectivity index (χ4n) is 1.09. The summed E-state index contributed by atoms with van der Waals surface area (Å²) in [4.78, 5) is 10.8. The zero-order valence-electron chi connectivity index (χ0n) is 6.03. The molecule has 0 bridgehead atoms. The minimum Gasteiger partial charge on any atom is -0.387 e. The van der Waals surface area contributed by atoms with E-state index in [1.807, 2.05) is 0 Å². The van der Waals surface area contributed by atoms with Crippen LogP contribution in [0.3, 0.4) is 0 Å². The summed E-state index contributed by atoms with van der Waals surface area (Å²) in [5.74, 6) is -1.08. The minimum absolute atomic E-state index is 1.08. The first-order chi connectivity index (χ1) is 5.46. The normalized spacial score (nSPS) is 49.4. The smallest absolute Gasteiger partial charge is 0.195 e. The third-order valence-electron chi connectivity index (χ3n) is 1.93. The first-order valence-electron chi connectivity index (χ1n) is 3.41. The molecule has 0 aromatic rings. The molecule has 0 heterocycles. The van der Waals surface area contributed by atoms with Gasteiger partial charge in [0.15, 0.2) is 5.78 Å². The SMILES string of the molecule is O=C1C(O)[C@@H](O)C(O)[C@H](O)[C@H]1O. The number of ketones is 1. The molecule has 1 aliphatic carbocycles. The number of carbonyl (C=O) groups is 1. The monoisotopic (exact) mass is 178 g/mol. The first-order valence-corrected chi connectivity index (χ1v) is 3.41. The summed E-state index contributed by atoms with van der Waals surface area (Å²) < 4.78 is 0. The maximum Gasteiger partial charge on any atom is 0.195 e. The van der Waals surface area contributed by atoms with Crippen LogP contribution in [0.25, 0.3) is 0 Å². The molecule has 1 fully saturated rings. The Morgan fingerprint density at radius 1 is 0.750 bits per heavy atom. The van der Waals surface area contributed by atoms with E-state index < -0.39 is 36.3 Å². The largest absolute Gasteiger partial charge is 0.387 e. The molecule has 0 saturated heterocycles. The van der Waals surface area contributed by atoms with E-state index in [9.17, 15) is 4.79 Å². The van der Waals surface area contributed by atoms with Gasteiger partial charge in [0, 0.05) is 0 Å². The fraction of sp³-hybridized carbons (Fsp3) is 0.833. The second-order valence-corrected chi connectivity index (χ2v) is 2.76. The van der Waals surface area contributed by atoms with E-state index in [4.69, 9.17) is 25.5 Å². The van der Waals surface area contributed by atoms with Crippen molar-refractivity contribution in [1.29, 1.82) is 0 Å². The van der Waals surface area contributed by atoms with E-state index >= 15 is 0 Å². The van der Waals surface area contributed by atoms with Crippen molar-refractivity contribution in [2.24, 2.45) is 0 Å². The van der Waals surface area contributed by atoms with E-state index in [-0.39, 0.29) is 0 Å². The van der Waals surface area contributed by atoms with Crippen molar-refractivity contribution < 1.29 is 30.3 Å². The van der Waals surface area contributed by atoms with Gasteiger partial charge >= 0.3 is 0 Å². The Morgan fingerprint density at radius 3 is 1.42 bits per heavy atom. The molecule has 0 spiro atoms. The van der Waals surface area contributed by atoms with Crippen molar-refractivity contribution >= 4 is 5.78 Å². The van der Waals surface area contributed by atoms with Crippen LogP contribution in [0.4, 0.5) is 0 Å². The van der Waals surface area contributed by atoms with Crippen LogP contribution in [0, 0.1) is 0 Å². The summed E-state index contributed by atoms with van der Waals surface area (Å²) in [5, 5.41) is 44.5. The number of hydrogen-bond acceptors (Lipinski definition) is 6. The van der Waals surface area contributed by atoms with Crippen LogP contribution in [-0.4, -0.2) is 61.8 Å². The lowest BCUT2D eigenvalue weighted by Gasteiger charge is -2.34. The molecule has 70 valence electrons. The second kappa shape index (κ2) is 3.08. The van der Waals surface area contributed by atoms with Crippen molar-refractivity contribution in [2.75, 3.05) is 0 Å². The van der Waals surface area contributed by atoms with Crippen LogP contribution < -0.4 is 0 Å². The fourth-order valence-corrected chi connectivity index (χ4v) is 1.09. The van der Waals surface area contributed by atoms with Crippen LogP contribution in [0.1, 0.15) is 0 Å². The van der Waals surface area contributed by atoms with Gasteiger partial charge in [-0.15, -0.1) is 0 Å².